The number of anilines is 1. The van der Waals surface area contributed by atoms with Gasteiger partial charge in [0.15, 0.2) is 17.0 Å². The van der Waals surface area contributed by atoms with Crippen molar-refractivity contribution in [3.8, 4) is 0 Å². The smallest absolute Gasteiger partial charge is 0.307 e. The van der Waals surface area contributed by atoms with Crippen molar-refractivity contribution in [3.63, 3.8) is 0 Å². The summed E-state index contributed by atoms with van der Waals surface area (Å²) in [6.07, 6.45) is 5.87. The van der Waals surface area contributed by atoms with Gasteiger partial charge in [-0.2, -0.15) is 0 Å². The van der Waals surface area contributed by atoms with Crippen LogP contribution < -0.4 is 5.73 Å². The second-order valence-electron chi connectivity index (χ2n) is 3.07. The Kier molecular flexibility index (Phi) is 2.50. The zero-order valence-corrected chi connectivity index (χ0v) is 8.24. The number of aliphatic carboxylic acids is 1. The number of carboxylic acid groups (broad SMARTS) is 1. The van der Waals surface area contributed by atoms with Gasteiger partial charge in [0.1, 0.15) is 12.7 Å². The topological polar surface area (TPSA) is 107 Å². The van der Waals surface area contributed by atoms with Crippen LogP contribution in [0.25, 0.3) is 17.4 Å². The van der Waals surface area contributed by atoms with Gasteiger partial charge in [0.25, 0.3) is 0 Å². The third kappa shape index (κ3) is 1.83. The molecular formula is C9H9N5O2. The molecule has 7 heteroatoms. The molecule has 0 saturated heterocycles. The lowest BCUT2D eigenvalue weighted by Crippen LogP contribution is -1.94. The SMILES string of the molecule is Nc1ncnc2c1ncn2C=CCC(=O)O. The van der Waals surface area contributed by atoms with Crippen LogP contribution in [0.3, 0.4) is 0 Å². The van der Waals surface area contributed by atoms with E-state index >= 15 is 0 Å². The molecule has 3 N–H and O–H groups in total. The normalized spacial score (nSPS) is 11.2. The van der Waals surface area contributed by atoms with E-state index in [1.807, 2.05) is 0 Å². The number of nitrogen functional groups attached to an aromatic ring is 1. The van der Waals surface area contributed by atoms with Crippen molar-refractivity contribution in [2.24, 2.45) is 0 Å². The lowest BCUT2D eigenvalue weighted by Gasteiger charge is -1.95. The molecule has 0 aromatic carbocycles. The Bertz CT molecular complexity index is 560. The summed E-state index contributed by atoms with van der Waals surface area (Å²) in [7, 11) is 0. The fraction of sp³-hybridized carbons (Fsp3) is 0.111. The van der Waals surface area contributed by atoms with Crippen LogP contribution in [-0.2, 0) is 4.79 Å². The largest absolute Gasteiger partial charge is 0.481 e. The predicted molar refractivity (Wildman–Crippen MR) is 57.3 cm³/mol. The summed E-state index contributed by atoms with van der Waals surface area (Å²) in [6, 6.07) is 0. The summed E-state index contributed by atoms with van der Waals surface area (Å²) in [6.45, 7) is 0. The maximum Gasteiger partial charge on any atom is 0.307 e. The van der Waals surface area contributed by atoms with E-state index in [0.717, 1.165) is 0 Å². The number of nitrogens with two attached hydrogens (primary N) is 1. The van der Waals surface area contributed by atoms with Crippen molar-refractivity contribution in [1.29, 1.82) is 0 Å². The van der Waals surface area contributed by atoms with Crippen LogP contribution in [-0.4, -0.2) is 30.6 Å². The molecule has 2 rings (SSSR count). The fourth-order valence-corrected chi connectivity index (χ4v) is 1.25. The van der Waals surface area contributed by atoms with Gasteiger partial charge in [-0.25, -0.2) is 15.0 Å². The van der Waals surface area contributed by atoms with Crippen molar-refractivity contribution in [2.75, 3.05) is 5.73 Å². The van der Waals surface area contributed by atoms with Gasteiger partial charge in [-0.3, -0.25) is 9.36 Å². The van der Waals surface area contributed by atoms with E-state index in [4.69, 9.17) is 10.8 Å². The average molecular weight is 219 g/mol. The number of carboxylic acids is 1. The van der Waals surface area contributed by atoms with E-state index in [-0.39, 0.29) is 6.42 Å². The number of hydrogen-bond acceptors (Lipinski definition) is 5. The highest BCUT2D eigenvalue weighted by Gasteiger charge is 2.05. The first-order chi connectivity index (χ1) is 7.68. The van der Waals surface area contributed by atoms with Crippen LogP contribution in [0.1, 0.15) is 6.42 Å². The van der Waals surface area contributed by atoms with Gasteiger partial charge in [0, 0.05) is 6.20 Å². The van der Waals surface area contributed by atoms with Crippen molar-refractivity contribution in [3.05, 3.63) is 18.7 Å². The first-order valence-corrected chi connectivity index (χ1v) is 4.50. The molecule has 2 heterocycles. The molecule has 0 atom stereocenters. The molecule has 0 aliphatic heterocycles. The van der Waals surface area contributed by atoms with Crippen LogP contribution in [0.4, 0.5) is 5.82 Å². The lowest BCUT2D eigenvalue weighted by atomic mass is 10.4. The molecule has 7 nitrogen and oxygen atoms in total. The summed E-state index contributed by atoms with van der Waals surface area (Å²) in [5.41, 5.74) is 6.65. The monoisotopic (exact) mass is 219 g/mol. The molecule has 0 saturated carbocycles. The molecule has 0 amide bonds. The van der Waals surface area contributed by atoms with E-state index in [1.54, 1.807) is 10.8 Å². The third-order valence-electron chi connectivity index (χ3n) is 1.95. The van der Waals surface area contributed by atoms with Crippen LogP contribution in [0.15, 0.2) is 18.7 Å². The van der Waals surface area contributed by atoms with Gasteiger partial charge in [0.05, 0.1) is 6.42 Å². The number of hydrogen-bond donors (Lipinski definition) is 2. The van der Waals surface area contributed by atoms with E-state index in [2.05, 4.69) is 15.0 Å². The number of aromatic nitrogens is 4. The van der Waals surface area contributed by atoms with Crippen LogP contribution in [0.5, 0.6) is 0 Å². The standard InChI is InChI=1S/C9H9N5O2/c10-8-7-9(12-4-11-8)14(5-13-7)3-1-2-6(15)16/h1,3-5H,2H2,(H,15,16)(H2,10,11,12). The molecular weight excluding hydrogens is 210 g/mol. The minimum absolute atomic E-state index is 0.0553. The fourth-order valence-electron chi connectivity index (χ4n) is 1.25. The van der Waals surface area contributed by atoms with Crippen molar-refractivity contribution >= 4 is 29.2 Å². The number of rotatable bonds is 3. The first kappa shape index (κ1) is 10.1. The first-order valence-electron chi connectivity index (χ1n) is 4.50. The Labute approximate surface area is 90.3 Å². The molecule has 0 aliphatic carbocycles. The Morgan fingerprint density at radius 3 is 3.06 bits per heavy atom. The van der Waals surface area contributed by atoms with Gasteiger partial charge in [0.2, 0.25) is 0 Å². The second kappa shape index (κ2) is 3.97. The molecule has 0 fully saturated rings. The van der Waals surface area contributed by atoms with Crippen molar-refractivity contribution in [1.82, 2.24) is 19.5 Å². The molecule has 0 aliphatic rings. The van der Waals surface area contributed by atoms with Gasteiger partial charge in [-0.05, 0) is 0 Å². The van der Waals surface area contributed by atoms with Crippen LogP contribution in [0.2, 0.25) is 0 Å². The minimum Gasteiger partial charge on any atom is -0.481 e. The molecule has 0 radical (unpaired) electrons. The quantitative estimate of drug-likeness (QED) is 0.771. The lowest BCUT2D eigenvalue weighted by molar-refractivity contribution is -0.135. The minimum atomic E-state index is -0.894. The van der Waals surface area contributed by atoms with Crippen LogP contribution >= 0.6 is 0 Å². The highest BCUT2D eigenvalue weighted by Crippen LogP contribution is 2.14. The zero-order chi connectivity index (χ0) is 11.5. The predicted octanol–water partition coefficient (Wildman–Crippen LogP) is 0.354. The molecule has 82 valence electrons. The summed E-state index contributed by atoms with van der Waals surface area (Å²) < 4.78 is 1.59. The molecule has 2 aromatic heterocycles. The van der Waals surface area contributed by atoms with Gasteiger partial charge < -0.3 is 10.8 Å². The van der Waals surface area contributed by atoms with Crippen molar-refractivity contribution in [2.45, 2.75) is 6.42 Å². The highest BCUT2D eigenvalue weighted by atomic mass is 16.4. The second-order valence-corrected chi connectivity index (χ2v) is 3.07. The maximum atomic E-state index is 10.3. The van der Waals surface area contributed by atoms with Crippen LogP contribution in [0, 0.1) is 0 Å². The Morgan fingerprint density at radius 2 is 2.31 bits per heavy atom. The molecule has 0 spiro atoms. The average Bonchev–Trinajstić information content (AvgIpc) is 2.63. The maximum absolute atomic E-state index is 10.3. The Morgan fingerprint density at radius 1 is 1.50 bits per heavy atom. The third-order valence-corrected chi connectivity index (χ3v) is 1.95. The van der Waals surface area contributed by atoms with E-state index in [1.165, 1.54) is 18.7 Å². The summed E-state index contributed by atoms with van der Waals surface area (Å²) in [4.78, 5) is 22.2. The van der Waals surface area contributed by atoms with Gasteiger partial charge in [-0.15, -0.1) is 0 Å². The molecule has 0 unspecified atom stereocenters. The molecule has 16 heavy (non-hydrogen) atoms. The Balaban J connectivity index is 2.35. The summed E-state index contributed by atoms with van der Waals surface area (Å²) >= 11 is 0. The van der Waals surface area contributed by atoms with E-state index < -0.39 is 5.97 Å². The molecule has 0 bridgehead atoms. The highest BCUT2D eigenvalue weighted by molar-refractivity contribution is 5.82. The van der Waals surface area contributed by atoms with Gasteiger partial charge >= 0.3 is 5.97 Å². The Hall–Kier alpha value is -2.44. The summed E-state index contributed by atoms with van der Waals surface area (Å²) in [5.74, 6) is -0.592. The zero-order valence-electron chi connectivity index (χ0n) is 8.24. The number of carbonyl (C=O) groups is 1. The number of imidazole rings is 1. The summed E-state index contributed by atoms with van der Waals surface area (Å²) in [5, 5.41) is 8.48. The van der Waals surface area contributed by atoms with E-state index in [9.17, 15) is 4.79 Å². The van der Waals surface area contributed by atoms with E-state index in [0.29, 0.717) is 17.0 Å². The van der Waals surface area contributed by atoms with Crippen molar-refractivity contribution < 1.29 is 9.90 Å². The number of fused-ring (bicyclic) bond motifs is 1. The van der Waals surface area contributed by atoms with Gasteiger partial charge in [-0.1, -0.05) is 6.08 Å². The number of nitrogens with zero attached hydrogens (tertiary/aromatic N) is 4. The molecule has 2 aromatic rings.